The number of hydrogen-bond acceptors (Lipinski definition) is 4. The van der Waals surface area contributed by atoms with E-state index in [-0.39, 0.29) is 5.56 Å². The molecule has 12 heavy (non-hydrogen) atoms. The zero-order valence-electron chi connectivity index (χ0n) is 6.53. The van der Waals surface area contributed by atoms with E-state index >= 15 is 0 Å². The van der Waals surface area contributed by atoms with Crippen LogP contribution >= 0.6 is 0 Å². The minimum atomic E-state index is -1.05. The van der Waals surface area contributed by atoms with Gasteiger partial charge in [0.05, 0.1) is 5.69 Å². The number of aromatic carboxylic acids is 1. The first kappa shape index (κ1) is 8.48. The van der Waals surface area contributed by atoms with Crippen LogP contribution in [0, 0.1) is 6.92 Å². The van der Waals surface area contributed by atoms with Crippen molar-refractivity contribution in [1.82, 2.24) is 4.98 Å². The van der Waals surface area contributed by atoms with Crippen LogP contribution in [0.5, 0.6) is 0 Å². The second kappa shape index (κ2) is 3.19. The Balaban J connectivity index is 3.20. The lowest BCUT2D eigenvalue weighted by Gasteiger charge is -2.04. The molecule has 0 atom stereocenters. The molecule has 0 amide bonds. The molecule has 0 unspecified atom stereocenters. The fourth-order valence-electron chi connectivity index (χ4n) is 0.850. The number of hydrogen-bond donors (Lipinski definition) is 3. The van der Waals surface area contributed by atoms with Crippen LogP contribution in [0.25, 0.3) is 0 Å². The number of carbonyl (C=O) groups is 1. The van der Waals surface area contributed by atoms with Gasteiger partial charge in [-0.3, -0.25) is 10.8 Å². The molecule has 1 aromatic rings. The van der Waals surface area contributed by atoms with Crippen LogP contribution in [0.4, 0.5) is 5.69 Å². The summed E-state index contributed by atoms with van der Waals surface area (Å²) in [6.45, 7) is 1.76. The van der Waals surface area contributed by atoms with Crippen LogP contribution in [0.15, 0.2) is 12.3 Å². The molecule has 0 radical (unpaired) electrons. The van der Waals surface area contributed by atoms with E-state index < -0.39 is 5.97 Å². The van der Waals surface area contributed by atoms with Gasteiger partial charge in [-0.05, 0) is 13.0 Å². The van der Waals surface area contributed by atoms with Crippen LogP contribution in [0.3, 0.4) is 0 Å². The average molecular weight is 167 g/mol. The molecule has 64 valence electrons. The zero-order valence-corrected chi connectivity index (χ0v) is 6.53. The molecule has 0 bridgehead atoms. The third-order valence-corrected chi connectivity index (χ3v) is 1.43. The lowest BCUT2D eigenvalue weighted by Crippen LogP contribution is -2.12. The fraction of sp³-hybridized carbons (Fsp3) is 0.143. The summed E-state index contributed by atoms with van der Waals surface area (Å²) in [5, 5.41) is 8.65. The highest BCUT2D eigenvalue weighted by atomic mass is 16.4. The number of anilines is 1. The third-order valence-electron chi connectivity index (χ3n) is 1.43. The number of nitrogens with one attached hydrogen (secondary N) is 1. The third kappa shape index (κ3) is 1.51. The van der Waals surface area contributed by atoms with Crippen LogP contribution in [0.2, 0.25) is 0 Å². The molecule has 0 aliphatic heterocycles. The van der Waals surface area contributed by atoms with Crippen LogP contribution in [-0.4, -0.2) is 16.1 Å². The molecule has 0 aliphatic rings. The molecule has 0 saturated heterocycles. The smallest absolute Gasteiger partial charge is 0.339 e. The predicted octanol–water partition coefficient (Wildman–Crippen LogP) is 0.374. The van der Waals surface area contributed by atoms with Gasteiger partial charge in [-0.25, -0.2) is 4.79 Å². The molecule has 5 heteroatoms. The SMILES string of the molecule is Cc1cc(NN)c(C(=O)O)cn1. The first-order chi connectivity index (χ1) is 5.65. The summed E-state index contributed by atoms with van der Waals surface area (Å²) >= 11 is 0. The van der Waals surface area contributed by atoms with Crippen molar-refractivity contribution < 1.29 is 9.90 Å². The van der Waals surface area contributed by atoms with Crippen molar-refractivity contribution in [2.75, 3.05) is 5.43 Å². The maximum Gasteiger partial charge on any atom is 0.339 e. The van der Waals surface area contributed by atoms with Crippen LogP contribution in [0.1, 0.15) is 16.1 Å². The van der Waals surface area contributed by atoms with E-state index in [0.717, 1.165) is 0 Å². The quantitative estimate of drug-likeness (QED) is 0.437. The van der Waals surface area contributed by atoms with Crippen molar-refractivity contribution in [2.24, 2.45) is 5.84 Å². The maximum absolute atomic E-state index is 10.6. The van der Waals surface area contributed by atoms with E-state index in [2.05, 4.69) is 10.4 Å². The summed E-state index contributed by atoms with van der Waals surface area (Å²) in [6.07, 6.45) is 1.27. The first-order valence-electron chi connectivity index (χ1n) is 3.31. The summed E-state index contributed by atoms with van der Waals surface area (Å²) in [5.41, 5.74) is 3.46. The first-order valence-corrected chi connectivity index (χ1v) is 3.31. The molecule has 4 N–H and O–H groups in total. The summed E-state index contributed by atoms with van der Waals surface area (Å²) in [6, 6.07) is 1.57. The second-order valence-electron chi connectivity index (χ2n) is 2.32. The minimum Gasteiger partial charge on any atom is -0.478 e. The van der Waals surface area contributed by atoms with Crippen molar-refractivity contribution in [3.8, 4) is 0 Å². The molecule has 0 spiro atoms. The highest BCUT2D eigenvalue weighted by molar-refractivity contribution is 5.93. The van der Waals surface area contributed by atoms with Gasteiger partial charge >= 0.3 is 5.97 Å². The average Bonchev–Trinajstić information content (AvgIpc) is 2.03. The Hall–Kier alpha value is -1.62. The molecule has 1 heterocycles. The van der Waals surface area contributed by atoms with E-state index in [4.69, 9.17) is 10.9 Å². The fourth-order valence-corrected chi connectivity index (χ4v) is 0.850. The van der Waals surface area contributed by atoms with Crippen molar-refractivity contribution in [2.45, 2.75) is 6.92 Å². The highest BCUT2D eigenvalue weighted by Crippen LogP contribution is 2.13. The van der Waals surface area contributed by atoms with Gasteiger partial charge in [0, 0.05) is 11.9 Å². The van der Waals surface area contributed by atoms with Crippen molar-refractivity contribution in [3.63, 3.8) is 0 Å². The van der Waals surface area contributed by atoms with Gasteiger partial charge in [-0.2, -0.15) is 0 Å². The predicted molar refractivity (Wildman–Crippen MR) is 43.7 cm³/mol. The van der Waals surface area contributed by atoms with Crippen molar-refractivity contribution in [3.05, 3.63) is 23.5 Å². The normalized spacial score (nSPS) is 9.50. The van der Waals surface area contributed by atoms with E-state index in [1.807, 2.05) is 0 Å². The van der Waals surface area contributed by atoms with Crippen molar-refractivity contribution >= 4 is 11.7 Å². The van der Waals surface area contributed by atoms with E-state index in [9.17, 15) is 4.79 Å². The van der Waals surface area contributed by atoms with Gasteiger partial charge in [-0.1, -0.05) is 0 Å². The number of pyridine rings is 1. The molecule has 1 rings (SSSR count). The van der Waals surface area contributed by atoms with Gasteiger partial charge in [0.1, 0.15) is 5.56 Å². The topological polar surface area (TPSA) is 88.2 Å². The van der Waals surface area contributed by atoms with Gasteiger partial charge < -0.3 is 10.5 Å². The monoisotopic (exact) mass is 167 g/mol. The number of nitrogens with two attached hydrogens (primary N) is 1. The Bertz CT molecular complexity index is 312. The van der Waals surface area contributed by atoms with Gasteiger partial charge in [0.15, 0.2) is 0 Å². The summed E-state index contributed by atoms with van der Waals surface area (Å²) in [4.78, 5) is 14.4. The number of aryl methyl sites for hydroxylation is 1. The number of carboxylic acids is 1. The molecule has 1 aromatic heterocycles. The summed E-state index contributed by atoms with van der Waals surface area (Å²) < 4.78 is 0. The molecule has 0 fully saturated rings. The number of aromatic nitrogens is 1. The van der Waals surface area contributed by atoms with Gasteiger partial charge in [0.25, 0.3) is 0 Å². The minimum absolute atomic E-state index is 0.0723. The standard InChI is InChI=1S/C7H9N3O2/c1-4-2-6(10-8)5(3-9-4)7(11)12/h2-3H,8H2,1H3,(H,9,10)(H,11,12). The number of rotatable bonds is 2. The lowest BCUT2D eigenvalue weighted by atomic mass is 10.2. The largest absolute Gasteiger partial charge is 0.478 e. The van der Waals surface area contributed by atoms with E-state index in [1.54, 1.807) is 13.0 Å². The zero-order chi connectivity index (χ0) is 9.14. The molecule has 0 saturated carbocycles. The number of hydrazine groups is 1. The Kier molecular flexibility index (Phi) is 2.25. The molecule has 5 nitrogen and oxygen atoms in total. The lowest BCUT2D eigenvalue weighted by molar-refractivity contribution is 0.0697. The molecular formula is C7H9N3O2. The van der Waals surface area contributed by atoms with E-state index in [1.165, 1.54) is 6.20 Å². The Labute approximate surface area is 69.2 Å². The Morgan fingerprint density at radius 3 is 2.92 bits per heavy atom. The van der Waals surface area contributed by atoms with Gasteiger partial charge in [-0.15, -0.1) is 0 Å². The van der Waals surface area contributed by atoms with Gasteiger partial charge in [0.2, 0.25) is 0 Å². The van der Waals surface area contributed by atoms with Crippen molar-refractivity contribution in [1.29, 1.82) is 0 Å². The van der Waals surface area contributed by atoms with Crippen LogP contribution in [-0.2, 0) is 0 Å². The summed E-state index contributed by atoms with van der Waals surface area (Å²) in [7, 11) is 0. The Morgan fingerprint density at radius 1 is 1.75 bits per heavy atom. The number of carboxylic acid groups (broad SMARTS) is 1. The van der Waals surface area contributed by atoms with Crippen LogP contribution < -0.4 is 11.3 Å². The highest BCUT2D eigenvalue weighted by Gasteiger charge is 2.08. The molecular weight excluding hydrogens is 158 g/mol. The van der Waals surface area contributed by atoms with E-state index in [0.29, 0.717) is 11.4 Å². The number of nitrogens with zero attached hydrogens (tertiary/aromatic N) is 1. The molecule has 0 aromatic carbocycles. The second-order valence-corrected chi connectivity index (χ2v) is 2.32. The number of nitrogen functional groups attached to an aromatic ring is 1. The molecule has 0 aliphatic carbocycles. The maximum atomic E-state index is 10.6. The summed E-state index contributed by atoms with van der Waals surface area (Å²) in [5.74, 6) is 4.07. The Morgan fingerprint density at radius 2 is 2.42 bits per heavy atom.